The van der Waals surface area contributed by atoms with Crippen LogP contribution in [0.3, 0.4) is 0 Å². The van der Waals surface area contributed by atoms with Gasteiger partial charge in [0.1, 0.15) is 6.54 Å². The van der Waals surface area contributed by atoms with Crippen LogP contribution in [0.15, 0.2) is 115 Å². The molecule has 1 fully saturated rings. The SMILES string of the molecule is CC1CC(=O)N(c2cccc(C(=O)NCCCNC(=O)c3ccc4c(c3)C(C)(C)C(=CC=CC=CC=CC3=[N+](CCCCS(=O)(=O)[O-])c5ccccc5C3(C)C)N4CCCCS(=O)(=O)[O-])c2)C1=O.[Na+]. The van der Waals surface area contributed by atoms with Gasteiger partial charge in [0.15, 0.2) is 5.71 Å². The topological polar surface area (TPSA) is 216 Å². The van der Waals surface area contributed by atoms with Gasteiger partial charge in [-0.15, -0.1) is 0 Å². The van der Waals surface area contributed by atoms with Gasteiger partial charge < -0.3 is 24.6 Å². The summed E-state index contributed by atoms with van der Waals surface area (Å²) in [5, 5.41) is 5.76. The molecule has 3 aliphatic heterocycles. The minimum atomic E-state index is -4.36. The Morgan fingerprint density at radius 3 is 2.01 bits per heavy atom. The molecule has 6 rings (SSSR count). The molecule has 1 saturated heterocycles. The average Bonchev–Trinajstić information content (AvgIpc) is 3.75. The van der Waals surface area contributed by atoms with E-state index >= 15 is 0 Å². The fraction of sp³-hybridized carbons (Fsp3) is 0.392. The molecule has 69 heavy (non-hydrogen) atoms. The van der Waals surface area contributed by atoms with E-state index in [1.54, 1.807) is 31.2 Å². The number of unbranched alkanes of at least 4 members (excludes halogenated alkanes) is 2. The van der Waals surface area contributed by atoms with Gasteiger partial charge in [-0.3, -0.25) is 24.1 Å². The number of imide groups is 1. The number of anilines is 2. The first-order valence-electron chi connectivity index (χ1n) is 22.9. The van der Waals surface area contributed by atoms with Crippen LogP contribution in [0.2, 0.25) is 0 Å². The summed E-state index contributed by atoms with van der Waals surface area (Å²) in [5.41, 5.74) is 6.17. The van der Waals surface area contributed by atoms with Gasteiger partial charge >= 0.3 is 29.6 Å². The molecule has 18 heteroatoms. The number of nitrogens with zero attached hydrogens (tertiary/aromatic N) is 3. The van der Waals surface area contributed by atoms with Crippen molar-refractivity contribution in [2.75, 3.05) is 47.5 Å². The molecule has 0 radical (unpaired) electrons. The molecule has 3 aliphatic rings. The fourth-order valence-electron chi connectivity index (χ4n) is 9.06. The molecule has 0 saturated carbocycles. The molecule has 4 amide bonds. The summed E-state index contributed by atoms with van der Waals surface area (Å²) >= 11 is 0. The summed E-state index contributed by atoms with van der Waals surface area (Å²) < 4.78 is 69.9. The van der Waals surface area contributed by atoms with Crippen molar-refractivity contribution in [2.45, 2.75) is 84.0 Å². The summed E-state index contributed by atoms with van der Waals surface area (Å²) in [4.78, 5) is 54.4. The molecule has 0 aliphatic carbocycles. The van der Waals surface area contributed by atoms with Gasteiger partial charge in [0.25, 0.3) is 11.8 Å². The molecule has 3 aromatic rings. The van der Waals surface area contributed by atoms with Gasteiger partial charge in [0.05, 0.1) is 31.3 Å². The Morgan fingerprint density at radius 1 is 0.739 bits per heavy atom. The van der Waals surface area contributed by atoms with E-state index < -0.39 is 43.1 Å². The number of para-hydroxylation sites is 1. The van der Waals surface area contributed by atoms with E-state index in [4.69, 9.17) is 0 Å². The standard InChI is InChI=1S/C51H61N5O10S2.Na/c1-36-33-46(57)56(49(36)60)39-20-17-19-37(34-39)47(58)52-27-18-28-53-48(59)38-25-26-43-41(35-38)51(4,5)45(55(43)30-14-16-32-68(64,65)66)24-10-8-6-7-9-23-44-50(2,3)40-21-11-12-22-42(40)54(44)29-13-15-31-67(61,62)63;/h6-12,17,19-26,34-36H,13-16,18,27-33H2,1-5H3,(H3-,52,53,58,59,61,62,63,64,65,66);/q;+1/p-1. The smallest absolute Gasteiger partial charge is 0.748 e. The summed E-state index contributed by atoms with van der Waals surface area (Å²) in [6.07, 6.45) is 15.7. The number of amides is 4. The minimum absolute atomic E-state index is 0. The predicted molar refractivity (Wildman–Crippen MR) is 261 cm³/mol. The maximum Gasteiger partial charge on any atom is 1.00 e. The quantitative estimate of drug-likeness (QED) is 0.0393. The Bertz CT molecular complexity index is 2830. The number of carbonyl (C=O) groups is 4. The summed E-state index contributed by atoms with van der Waals surface area (Å²) in [6, 6.07) is 19.9. The number of rotatable bonds is 21. The van der Waals surface area contributed by atoms with Gasteiger partial charge in [0.2, 0.25) is 17.5 Å². The molecule has 0 bridgehead atoms. The number of hydrogen-bond acceptors (Lipinski definition) is 11. The number of hydrogen-bond donors (Lipinski definition) is 2. The maximum absolute atomic E-state index is 13.4. The molecule has 3 aromatic carbocycles. The minimum Gasteiger partial charge on any atom is -0.748 e. The molecule has 3 heterocycles. The van der Waals surface area contributed by atoms with Crippen molar-refractivity contribution in [2.24, 2.45) is 5.92 Å². The van der Waals surface area contributed by atoms with Crippen molar-refractivity contribution in [1.29, 1.82) is 0 Å². The van der Waals surface area contributed by atoms with Crippen LogP contribution >= 0.6 is 0 Å². The van der Waals surface area contributed by atoms with E-state index in [-0.39, 0.29) is 91.0 Å². The number of carbonyl (C=O) groups excluding carboxylic acids is 4. The normalized spacial score (nSPS) is 18.2. The van der Waals surface area contributed by atoms with Gasteiger partial charge in [-0.1, -0.05) is 75.4 Å². The van der Waals surface area contributed by atoms with Crippen molar-refractivity contribution < 1.29 is 79.3 Å². The van der Waals surface area contributed by atoms with E-state index in [1.165, 1.54) is 6.07 Å². The third kappa shape index (κ3) is 13.7. The number of nitrogens with one attached hydrogen (secondary N) is 2. The number of benzene rings is 3. The first kappa shape index (κ1) is 54.9. The molecule has 1 unspecified atom stereocenters. The third-order valence-electron chi connectivity index (χ3n) is 12.6. The third-order valence-corrected chi connectivity index (χ3v) is 14.2. The second-order valence-corrected chi connectivity index (χ2v) is 21.4. The van der Waals surface area contributed by atoms with Gasteiger partial charge in [-0.05, 0) is 87.6 Å². The van der Waals surface area contributed by atoms with Gasteiger partial charge in [0, 0.05) is 95.5 Å². The van der Waals surface area contributed by atoms with Crippen molar-refractivity contribution in [3.8, 4) is 0 Å². The van der Waals surface area contributed by atoms with Crippen molar-refractivity contribution in [3.05, 3.63) is 137 Å². The fourth-order valence-corrected chi connectivity index (χ4v) is 10.2. The molecule has 0 spiro atoms. The van der Waals surface area contributed by atoms with Crippen LogP contribution in [0.1, 0.15) is 105 Å². The first-order chi connectivity index (χ1) is 32.1. The Kier molecular flexibility index (Phi) is 18.5. The van der Waals surface area contributed by atoms with E-state index in [9.17, 15) is 45.1 Å². The van der Waals surface area contributed by atoms with Crippen molar-refractivity contribution in [3.63, 3.8) is 0 Å². The van der Waals surface area contributed by atoms with Crippen molar-refractivity contribution in [1.82, 2.24) is 10.6 Å². The summed E-state index contributed by atoms with van der Waals surface area (Å²) in [7, 11) is -8.64. The molecule has 15 nitrogen and oxygen atoms in total. The maximum atomic E-state index is 13.4. The van der Waals surface area contributed by atoms with E-state index in [2.05, 4.69) is 53.9 Å². The Hall–Kier alpha value is -5.01. The Morgan fingerprint density at radius 2 is 1.36 bits per heavy atom. The number of allylic oxidation sites excluding steroid dienone is 8. The molecule has 362 valence electrons. The second kappa shape index (κ2) is 23.3. The van der Waals surface area contributed by atoms with Crippen LogP contribution in [-0.2, 0) is 40.7 Å². The van der Waals surface area contributed by atoms with E-state index in [0.717, 1.165) is 38.8 Å². The van der Waals surface area contributed by atoms with Crippen LogP contribution in [0.5, 0.6) is 0 Å². The van der Waals surface area contributed by atoms with Crippen LogP contribution in [-0.4, -0.2) is 97.5 Å². The van der Waals surface area contributed by atoms with Crippen LogP contribution in [0.25, 0.3) is 0 Å². The number of fused-ring (bicyclic) bond motifs is 2. The molecule has 2 N–H and O–H groups in total. The summed E-state index contributed by atoms with van der Waals surface area (Å²) in [6.45, 7) is 11.6. The predicted octanol–water partition coefficient (Wildman–Crippen LogP) is 3.52. The van der Waals surface area contributed by atoms with E-state index in [1.807, 2.05) is 72.9 Å². The van der Waals surface area contributed by atoms with Crippen LogP contribution < -0.4 is 50.0 Å². The second-order valence-electron chi connectivity index (χ2n) is 18.4. The Balaban J connectivity index is 0.00000888. The molecule has 1 atom stereocenters. The van der Waals surface area contributed by atoms with Gasteiger partial charge in [-0.25, -0.2) is 16.8 Å². The first-order valence-corrected chi connectivity index (χ1v) is 26.0. The zero-order valence-electron chi connectivity index (χ0n) is 40.2. The summed E-state index contributed by atoms with van der Waals surface area (Å²) in [5.74, 6) is -2.52. The van der Waals surface area contributed by atoms with Crippen LogP contribution in [0, 0.1) is 5.92 Å². The van der Waals surface area contributed by atoms with Crippen molar-refractivity contribution >= 4 is 66.6 Å². The van der Waals surface area contributed by atoms with E-state index in [0.29, 0.717) is 49.2 Å². The molecular formula is C51H60N5NaO10S2. The molecular weight excluding hydrogens is 930 g/mol. The zero-order chi connectivity index (χ0) is 49.4. The zero-order valence-corrected chi connectivity index (χ0v) is 43.8. The van der Waals surface area contributed by atoms with Gasteiger partial charge in [-0.2, -0.15) is 4.58 Å². The average molecular weight is 990 g/mol. The molecule has 0 aromatic heterocycles. The monoisotopic (exact) mass is 989 g/mol. The largest absolute Gasteiger partial charge is 1.00 e. The van der Waals surface area contributed by atoms with Crippen LogP contribution in [0.4, 0.5) is 17.1 Å². The Labute approximate surface area is 428 Å².